The third kappa shape index (κ3) is 0.911. The third-order valence-electron chi connectivity index (χ3n) is 2.24. The Bertz CT molecular complexity index is 699. The van der Waals surface area contributed by atoms with E-state index in [9.17, 15) is 8.42 Å². The maximum Gasteiger partial charge on any atom is 0.223 e. The summed E-state index contributed by atoms with van der Waals surface area (Å²) in [5, 5.41) is 10.9. The van der Waals surface area contributed by atoms with Gasteiger partial charge in [-0.1, -0.05) is 0 Å². The van der Waals surface area contributed by atoms with Gasteiger partial charge in [0.1, 0.15) is 9.94 Å². The largest absolute Gasteiger partial charge is 0.223 e. The summed E-state index contributed by atoms with van der Waals surface area (Å²) in [6, 6.07) is 3.01. The van der Waals surface area contributed by atoms with Gasteiger partial charge in [0.25, 0.3) is 0 Å². The molecule has 7 nitrogen and oxygen atoms in total. The number of aliphatic imine (C=N–C) groups is 1. The highest BCUT2D eigenvalue weighted by Gasteiger charge is 2.30. The fourth-order valence-electron chi connectivity index (χ4n) is 1.46. The standard InChI is InChI=1S/C7H5N5O2S/c1-4-8-7-5(15(4,13)14)2-3-6-9-10-11-12(6)7/h2-3H,1H3. The lowest BCUT2D eigenvalue weighted by atomic mass is 10.4. The predicted octanol–water partition coefficient (Wildman–Crippen LogP) is -0.0385. The molecule has 0 aromatic carbocycles. The van der Waals surface area contributed by atoms with Crippen molar-refractivity contribution >= 4 is 26.3 Å². The number of nitrogens with zero attached hydrogens (tertiary/aromatic N) is 5. The topological polar surface area (TPSA) is 89.6 Å². The number of rotatable bonds is 0. The molecule has 2 aromatic heterocycles. The Labute approximate surface area is 84.4 Å². The van der Waals surface area contributed by atoms with Gasteiger partial charge in [-0.05, 0) is 29.5 Å². The van der Waals surface area contributed by atoms with E-state index < -0.39 is 9.84 Å². The summed E-state index contributed by atoms with van der Waals surface area (Å²) in [5.74, 6) is 0.273. The molecular weight excluding hydrogens is 218 g/mol. The summed E-state index contributed by atoms with van der Waals surface area (Å²) in [7, 11) is -3.42. The number of aromatic nitrogens is 4. The molecule has 0 aliphatic carbocycles. The number of fused-ring (bicyclic) bond motifs is 3. The molecule has 76 valence electrons. The first kappa shape index (κ1) is 8.48. The molecule has 0 radical (unpaired) electrons. The Kier molecular flexibility index (Phi) is 1.35. The lowest BCUT2D eigenvalue weighted by Crippen LogP contribution is -2.06. The number of tetrazole rings is 1. The van der Waals surface area contributed by atoms with Gasteiger partial charge in [-0.15, -0.1) is 5.10 Å². The molecule has 3 heterocycles. The molecule has 0 spiro atoms. The smallest absolute Gasteiger partial charge is 0.220 e. The summed E-state index contributed by atoms with van der Waals surface area (Å²) in [5.41, 5.74) is 0.474. The van der Waals surface area contributed by atoms with Gasteiger partial charge in [0.05, 0.1) is 0 Å². The van der Waals surface area contributed by atoms with Gasteiger partial charge in [0.15, 0.2) is 11.5 Å². The Hall–Kier alpha value is -1.83. The van der Waals surface area contributed by atoms with Crippen molar-refractivity contribution in [3.8, 4) is 0 Å². The quantitative estimate of drug-likeness (QED) is 0.625. The number of hydrogen-bond donors (Lipinski definition) is 0. The summed E-state index contributed by atoms with van der Waals surface area (Å²) in [4.78, 5) is 4.11. The molecule has 0 amide bonds. The number of sulfone groups is 1. The second-order valence-corrected chi connectivity index (χ2v) is 5.14. The third-order valence-corrected chi connectivity index (χ3v) is 4.01. The maximum atomic E-state index is 11.7. The van der Waals surface area contributed by atoms with Gasteiger partial charge < -0.3 is 0 Å². The van der Waals surface area contributed by atoms with Crippen molar-refractivity contribution < 1.29 is 8.42 Å². The molecule has 1 aliphatic heterocycles. The number of hydrogen-bond acceptors (Lipinski definition) is 6. The van der Waals surface area contributed by atoms with Crippen molar-refractivity contribution in [1.29, 1.82) is 0 Å². The Morgan fingerprint density at radius 2 is 2.13 bits per heavy atom. The first-order valence-corrected chi connectivity index (χ1v) is 5.60. The van der Waals surface area contributed by atoms with Gasteiger partial charge in [0.2, 0.25) is 9.84 Å². The fourth-order valence-corrected chi connectivity index (χ4v) is 2.60. The predicted molar refractivity (Wildman–Crippen MR) is 50.7 cm³/mol. The van der Waals surface area contributed by atoms with E-state index in [4.69, 9.17) is 0 Å². The van der Waals surface area contributed by atoms with Crippen molar-refractivity contribution in [1.82, 2.24) is 20.0 Å². The number of pyridine rings is 1. The average molecular weight is 223 g/mol. The molecule has 2 aromatic rings. The normalized spacial score (nSPS) is 17.8. The van der Waals surface area contributed by atoms with Crippen molar-refractivity contribution in [3.05, 3.63) is 12.1 Å². The summed E-state index contributed by atoms with van der Waals surface area (Å²) in [6.07, 6.45) is 0. The van der Waals surface area contributed by atoms with Gasteiger partial charge >= 0.3 is 0 Å². The average Bonchev–Trinajstić information content (AvgIpc) is 2.72. The van der Waals surface area contributed by atoms with E-state index in [0.717, 1.165) is 0 Å². The van der Waals surface area contributed by atoms with Crippen molar-refractivity contribution in [2.75, 3.05) is 0 Å². The zero-order chi connectivity index (χ0) is 10.6. The van der Waals surface area contributed by atoms with Crippen molar-refractivity contribution in [3.63, 3.8) is 0 Å². The van der Waals surface area contributed by atoms with Crippen LogP contribution in [-0.4, -0.2) is 33.5 Å². The minimum Gasteiger partial charge on any atom is -0.220 e. The molecular formula is C7H5N5O2S. The van der Waals surface area contributed by atoms with E-state index in [1.165, 1.54) is 17.5 Å². The first-order chi connectivity index (χ1) is 7.10. The Morgan fingerprint density at radius 3 is 2.93 bits per heavy atom. The molecule has 0 fully saturated rings. The Balaban J connectivity index is 2.54. The van der Waals surface area contributed by atoms with Crippen molar-refractivity contribution in [2.45, 2.75) is 11.8 Å². The van der Waals surface area contributed by atoms with Crippen LogP contribution in [0.3, 0.4) is 0 Å². The van der Waals surface area contributed by atoms with Gasteiger partial charge in [-0.25, -0.2) is 13.4 Å². The molecule has 0 N–H and O–H groups in total. The van der Waals surface area contributed by atoms with E-state index in [1.54, 1.807) is 6.07 Å². The summed E-state index contributed by atoms with van der Waals surface area (Å²) < 4.78 is 24.8. The van der Waals surface area contributed by atoms with E-state index >= 15 is 0 Å². The molecule has 1 aliphatic rings. The van der Waals surface area contributed by atoms with Crippen molar-refractivity contribution in [2.24, 2.45) is 4.99 Å². The zero-order valence-corrected chi connectivity index (χ0v) is 8.43. The lowest BCUT2D eigenvalue weighted by Gasteiger charge is -1.97. The highest BCUT2D eigenvalue weighted by molar-refractivity contribution is 8.06. The van der Waals surface area contributed by atoms with Crippen LogP contribution in [0.25, 0.3) is 5.65 Å². The minimum absolute atomic E-state index is 0.0699. The van der Waals surface area contributed by atoms with Crippen LogP contribution in [0.4, 0.5) is 5.82 Å². The van der Waals surface area contributed by atoms with Gasteiger partial charge in [-0.3, -0.25) is 0 Å². The van der Waals surface area contributed by atoms with Crippen LogP contribution in [0.2, 0.25) is 0 Å². The van der Waals surface area contributed by atoms with Crippen LogP contribution in [0, 0.1) is 0 Å². The zero-order valence-electron chi connectivity index (χ0n) is 7.62. The molecule has 15 heavy (non-hydrogen) atoms. The maximum absolute atomic E-state index is 11.7. The van der Waals surface area contributed by atoms with E-state index in [1.807, 2.05) is 0 Å². The van der Waals surface area contributed by atoms with Gasteiger partial charge in [0, 0.05) is 0 Å². The van der Waals surface area contributed by atoms with E-state index in [2.05, 4.69) is 20.5 Å². The van der Waals surface area contributed by atoms with Crippen LogP contribution in [0.1, 0.15) is 6.92 Å². The summed E-state index contributed by atoms with van der Waals surface area (Å²) in [6.45, 7) is 1.45. The Morgan fingerprint density at radius 1 is 1.33 bits per heavy atom. The first-order valence-electron chi connectivity index (χ1n) is 4.12. The molecule has 8 heteroatoms. The van der Waals surface area contributed by atoms with Crippen LogP contribution in [0.5, 0.6) is 0 Å². The molecule has 3 rings (SSSR count). The van der Waals surface area contributed by atoms with Crippen LogP contribution in [-0.2, 0) is 9.84 Å². The van der Waals surface area contributed by atoms with E-state index in [-0.39, 0.29) is 15.8 Å². The monoisotopic (exact) mass is 223 g/mol. The molecule has 0 bridgehead atoms. The minimum atomic E-state index is -3.42. The molecule has 0 unspecified atom stereocenters. The molecule has 0 saturated carbocycles. The molecule has 0 atom stereocenters. The fraction of sp³-hybridized carbons (Fsp3) is 0.143. The lowest BCUT2D eigenvalue weighted by molar-refractivity contribution is 0.608. The second kappa shape index (κ2) is 2.40. The van der Waals surface area contributed by atoms with E-state index in [0.29, 0.717) is 5.65 Å². The highest BCUT2D eigenvalue weighted by atomic mass is 32.2. The van der Waals surface area contributed by atoms with Crippen LogP contribution < -0.4 is 0 Å². The molecule has 0 saturated heterocycles. The SMILES string of the molecule is CC1=Nc2c(ccc3nnnn23)S1(=O)=O. The van der Waals surface area contributed by atoms with Crippen LogP contribution >= 0.6 is 0 Å². The van der Waals surface area contributed by atoms with Gasteiger partial charge in [-0.2, -0.15) is 4.52 Å². The van der Waals surface area contributed by atoms with Crippen LogP contribution in [0.15, 0.2) is 22.0 Å². The second-order valence-electron chi connectivity index (χ2n) is 3.10. The highest BCUT2D eigenvalue weighted by Crippen LogP contribution is 2.32. The summed E-state index contributed by atoms with van der Waals surface area (Å²) >= 11 is 0.